The maximum atomic E-state index is 12.0. The van der Waals surface area contributed by atoms with E-state index in [4.69, 9.17) is 39.5 Å². The highest BCUT2D eigenvalue weighted by Crippen LogP contribution is 2.33. The van der Waals surface area contributed by atoms with Gasteiger partial charge in [-0.15, -0.1) is 0 Å². The van der Waals surface area contributed by atoms with Crippen LogP contribution in [0.3, 0.4) is 0 Å². The summed E-state index contributed by atoms with van der Waals surface area (Å²) in [6, 6.07) is 8.41. The molecule has 26 heavy (non-hydrogen) atoms. The number of hydrogen-bond acceptors (Lipinski definition) is 4. The highest BCUT2D eigenvalue weighted by atomic mass is 35.5. The third kappa shape index (κ3) is 4.88. The van der Waals surface area contributed by atoms with Crippen molar-refractivity contribution in [3.05, 3.63) is 69.6 Å². The van der Waals surface area contributed by atoms with Crippen molar-refractivity contribution >= 4 is 46.5 Å². The molecule has 0 saturated heterocycles. The molecule has 134 valence electrons. The summed E-state index contributed by atoms with van der Waals surface area (Å²) >= 11 is 17.8. The summed E-state index contributed by atoms with van der Waals surface area (Å²) in [7, 11) is 0. The number of carbonyl (C=O) groups excluding carboxylic acids is 1. The molecule has 0 spiro atoms. The maximum absolute atomic E-state index is 12.0. The van der Waals surface area contributed by atoms with Gasteiger partial charge in [0.2, 0.25) is 0 Å². The van der Waals surface area contributed by atoms with Crippen molar-refractivity contribution in [3.8, 4) is 5.75 Å². The van der Waals surface area contributed by atoms with Gasteiger partial charge in [-0.1, -0.05) is 40.9 Å². The van der Waals surface area contributed by atoms with Gasteiger partial charge in [0.1, 0.15) is 5.75 Å². The Morgan fingerprint density at radius 3 is 2.73 bits per heavy atom. The van der Waals surface area contributed by atoms with E-state index in [2.05, 4.69) is 15.4 Å². The van der Waals surface area contributed by atoms with Gasteiger partial charge in [-0.3, -0.25) is 14.5 Å². The summed E-state index contributed by atoms with van der Waals surface area (Å²) in [4.78, 5) is 16.1. The van der Waals surface area contributed by atoms with E-state index < -0.39 is 0 Å². The molecule has 0 aliphatic carbocycles. The Kier molecular flexibility index (Phi) is 5.98. The van der Waals surface area contributed by atoms with E-state index in [0.29, 0.717) is 22.4 Å². The Labute approximate surface area is 164 Å². The molecular weight excluding hydrogens is 399 g/mol. The molecule has 6 nitrogen and oxygen atoms in total. The second-order valence-electron chi connectivity index (χ2n) is 5.29. The van der Waals surface area contributed by atoms with E-state index in [1.807, 2.05) is 12.1 Å². The Hall–Kier alpha value is -2.28. The number of ether oxygens (including phenoxy) is 1. The molecule has 0 unspecified atom stereocenters. The summed E-state index contributed by atoms with van der Waals surface area (Å²) in [5.74, 6) is 0.319. The number of amides is 1. The van der Waals surface area contributed by atoms with Crippen LogP contribution in [0.4, 0.5) is 5.82 Å². The zero-order chi connectivity index (χ0) is 18.5. The number of anilines is 1. The van der Waals surface area contributed by atoms with Gasteiger partial charge in [0.15, 0.2) is 12.4 Å². The van der Waals surface area contributed by atoms with Crippen LogP contribution < -0.4 is 10.1 Å². The average Bonchev–Trinajstić information content (AvgIpc) is 3.04. The van der Waals surface area contributed by atoms with Crippen LogP contribution in [0.15, 0.2) is 48.9 Å². The summed E-state index contributed by atoms with van der Waals surface area (Å²) in [5.41, 5.74) is 1.01. The van der Waals surface area contributed by atoms with Crippen molar-refractivity contribution in [2.45, 2.75) is 6.54 Å². The van der Waals surface area contributed by atoms with E-state index in [0.717, 1.165) is 5.56 Å². The van der Waals surface area contributed by atoms with Gasteiger partial charge in [-0.25, -0.2) is 0 Å². The van der Waals surface area contributed by atoms with Crippen LogP contribution >= 0.6 is 34.8 Å². The minimum absolute atomic E-state index is 0.243. The van der Waals surface area contributed by atoms with Crippen LogP contribution in [0.1, 0.15) is 5.56 Å². The van der Waals surface area contributed by atoms with Gasteiger partial charge in [0.25, 0.3) is 5.91 Å². The Morgan fingerprint density at radius 1 is 1.15 bits per heavy atom. The van der Waals surface area contributed by atoms with Crippen LogP contribution in [-0.4, -0.2) is 27.3 Å². The highest BCUT2D eigenvalue weighted by molar-refractivity contribution is 6.43. The van der Waals surface area contributed by atoms with Crippen molar-refractivity contribution in [2.75, 3.05) is 11.9 Å². The van der Waals surface area contributed by atoms with Gasteiger partial charge < -0.3 is 10.1 Å². The predicted octanol–water partition coefficient (Wildman–Crippen LogP) is 4.30. The molecule has 1 amide bonds. The van der Waals surface area contributed by atoms with E-state index in [1.54, 1.807) is 29.3 Å². The highest BCUT2D eigenvalue weighted by Gasteiger charge is 2.11. The molecule has 0 aliphatic heterocycles. The third-order valence-electron chi connectivity index (χ3n) is 3.31. The van der Waals surface area contributed by atoms with Crippen LogP contribution in [0, 0.1) is 0 Å². The van der Waals surface area contributed by atoms with Crippen molar-refractivity contribution in [3.63, 3.8) is 0 Å². The van der Waals surface area contributed by atoms with Gasteiger partial charge in [-0.05, 0) is 17.7 Å². The normalized spacial score (nSPS) is 10.6. The molecule has 0 aliphatic rings. The van der Waals surface area contributed by atoms with E-state index in [1.165, 1.54) is 12.1 Å². The maximum Gasteiger partial charge on any atom is 0.263 e. The molecule has 1 aromatic carbocycles. The largest absolute Gasteiger partial charge is 0.482 e. The topological polar surface area (TPSA) is 69.0 Å². The molecule has 0 atom stereocenters. The van der Waals surface area contributed by atoms with Gasteiger partial charge in [-0.2, -0.15) is 5.10 Å². The van der Waals surface area contributed by atoms with Crippen LogP contribution in [0.2, 0.25) is 15.1 Å². The molecule has 3 aromatic rings. The number of pyridine rings is 1. The summed E-state index contributed by atoms with van der Waals surface area (Å²) in [5, 5.41) is 7.81. The minimum Gasteiger partial charge on any atom is -0.482 e. The second kappa shape index (κ2) is 8.40. The van der Waals surface area contributed by atoms with Gasteiger partial charge >= 0.3 is 0 Å². The van der Waals surface area contributed by atoms with Crippen molar-refractivity contribution in [1.29, 1.82) is 0 Å². The Morgan fingerprint density at radius 2 is 1.96 bits per heavy atom. The van der Waals surface area contributed by atoms with Gasteiger partial charge in [0.05, 0.1) is 21.6 Å². The minimum atomic E-state index is -0.376. The number of aromatic nitrogens is 3. The average molecular weight is 412 g/mol. The first-order chi connectivity index (χ1) is 12.5. The Bertz CT molecular complexity index is 916. The van der Waals surface area contributed by atoms with E-state index >= 15 is 0 Å². The molecule has 0 bridgehead atoms. The number of hydrogen-bond donors (Lipinski definition) is 1. The number of halogens is 3. The SMILES string of the molecule is O=C(COc1cc(Cl)c(Cl)cc1Cl)Nc1ccn(Cc2cccnc2)n1. The first-order valence-electron chi connectivity index (χ1n) is 7.51. The molecule has 1 N–H and O–H groups in total. The molecule has 3 rings (SSSR count). The molecule has 9 heteroatoms. The number of benzene rings is 1. The van der Waals surface area contributed by atoms with Crippen LogP contribution in [0.5, 0.6) is 5.75 Å². The molecule has 0 radical (unpaired) electrons. The van der Waals surface area contributed by atoms with Crippen molar-refractivity contribution in [1.82, 2.24) is 14.8 Å². The predicted molar refractivity (Wildman–Crippen MR) is 101 cm³/mol. The molecule has 2 heterocycles. The lowest BCUT2D eigenvalue weighted by Crippen LogP contribution is -2.20. The van der Waals surface area contributed by atoms with Crippen LogP contribution in [0.25, 0.3) is 0 Å². The monoisotopic (exact) mass is 410 g/mol. The molecule has 2 aromatic heterocycles. The van der Waals surface area contributed by atoms with E-state index in [-0.39, 0.29) is 23.3 Å². The zero-order valence-corrected chi connectivity index (χ0v) is 15.6. The van der Waals surface area contributed by atoms with Crippen molar-refractivity contribution in [2.24, 2.45) is 0 Å². The molecule has 0 fully saturated rings. The fourth-order valence-electron chi connectivity index (χ4n) is 2.13. The molecular formula is C17H13Cl3N4O2. The number of nitrogens with one attached hydrogen (secondary N) is 1. The fraction of sp³-hybridized carbons (Fsp3) is 0.118. The smallest absolute Gasteiger partial charge is 0.263 e. The standard InChI is InChI=1S/C17H13Cl3N4O2/c18-12-6-14(20)15(7-13(12)19)26-10-17(25)22-16-3-5-24(23-16)9-11-2-1-4-21-8-11/h1-8H,9-10H2,(H,22,23,25). The fourth-order valence-corrected chi connectivity index (χ4v) is 2.72. The first-order valence-corrected chi connectivity index (χ1v) is 8.64. The summed E-state index contributed by atoms with van der Waals surface area (Å²) < 4.78 is 7.08. The van der Waals surface area contributed by atoms with E-state index in [9.17, 15) is 4.79 Å². The lowest BCUT2D eigenvalue weighted by atomic mass is 10.3. The first kappa shape index (κ1) is 18.5. The lowest BCUT2D eigenvalue weighted by molar-refractivity contribution is -0.118. The van der Waals surface area contributed by atoms with Gasteiger partial charge in [0, 0.05) is 30.7 Å². The quantitative estimate of drug-likeness (QED) is 0.614. The second-order valence-corrected chi connectivity index (χ2v) is 6.52. The van der Waals surface area contributed by atoms with Crippen LogP contribution in [-0.2, 0) is 11.3 Å². The van der Waals surface area contributed by atoms with Crippen molar-refractivity contribution < 1.29 is 9.53 Å². The summed E-state index contributed by atoms with van der Waals surface area (Å²) in [6.45, 7) is 0.312. The Balaban J connectivity index is 1.55. The third-order valence-corrected chi connectivity index (χ3v) is 4.33. The molecule has 0 saturated carbocycles. The lowest BCUT2D eigenvalue weighted by Gasteiger charge is -2.09. The number of carbonyl (C=O) groups is 1. The number of rotatable bonds is 6. The number of nitrogens with zero attached hydrogens (tertiary/aromatic N) is 3. The summed E-state index contributed by atoms with van der Waals surface area (Å²) in [6.07, 6.45) is 5.23. The zero-order valence-electron chi connectivity index (χ0n) is 13.3.